The zero-order chi connectivity index (χ0) is 16.6. The molecule has 0 radical (unpaired) electrons. The average Bonchev–Trinajstić information content (AvgIpc) is 2.83. The lowest BCUT2D eigenvalue weighted by Crippen LogP contribution is -1.97. The Kier molecular flexibility index (Phi) is 4.33. The van der Waals surface area contributed by atoms with Crippen LogP contribution in [0.15, 0.2) is 42.6 Å². The summed E-state index contributed by atoms with van der Waals surface area (Å²) in [6, 6.07) is 7.52. The van der Waals surface area contributed by atoms with Gasteiger partial charge in [-0.15, -0.1) is 0 Å². The minimum atomic E-state index is -0.681. The lowest BCUT2D eigenvalue weighted by molar-refractivity contribution is 0.574. The van der Waals surface area contributed by atoms with E-state index in [4.69, 9.17) is 23.2 Å². The van der Waals surface area contributed by atoms with Crippen LogP contribution in [0.5, 0.6) is 0 Å². The van der Waals surface area contributed by atoms with Crippen LogP contribution in [0.4, 0.5) is 13.2 Å². The summed E-state index contributed by atoms with van der Waals surface area (Å²) < 4.78 is 41.9. The van der Waals surface area contributed by atoms with Gasteiger partial charge in [0.1, 0.15) is 23.1 Å². The number of imidazole rings is 1. The van der Waals surface area contributed by atoms with Crippen LogP contribution in [-0.2, 0) is 6.42 Å². The molecule has 0 unspecified atom stereocenters. The van der Waals surface area contributed by atoms with E-state index >= 15 is 0 Å². The largest absolute Gasteiger partial charge is 0.286 e. The SMILES string of the molecule is Fc1ccc(Cc2cn(-c3c(F)cccc3Cl)c(Cl)n2)c(F)c1. The number of para-hydroxylation sites is 1. The van der Waals surface area contributed by atoms with Crippen molar-refractivity contribution in [1.82, 2.24) is 9.55 Å². The molecular formula is C16H9Cl2F3N2. The van der Waals surface area contributed by atoms with Gasteiger partial charge in [-0.3, -0.25) is 4.57 Å². The third-order valence-corrected chi connectivity index (χ3v) is 3.85. The van der Waals surface area contributed by atoms with Crippen LogP contribution < -0.4 is 0 Å². The molecule has 0 aliphatic heterocycles. The molecule has 3 rings (SSSR count). The molecule has 0 fully saturated rings. The molecular weight excluding hydrogens is 348 g/mol. The highest BCUT2D eigenvalue weighted by Gasteiger charge is 2.15. The molecule has 0 bridgehead atoms. The van der Waals surface area contributed by atoms with Crippen LogP contribution in [-0.4, -0.2) is 9.55 Å². The van der Waals surface area contributed by atoms with Gasteiger partial charge in [-0.1, -0.05) is 23.7 Å². The number of rotatable bonds is 3. The average molecular weight is 357 g/mol. The van der Waals surface area contributed by atoms with Gasteiger partial charge in [0, 0.05) is 18.7 Å². The Morgan fingerprint density at radius 3 is 2.48 bits per heavy atom. The lowest BCUT2D eigenvalue weighted by Gasteiger charge is -2.07. The Bertz CT molecular complexity index is 858. The van der Waals surface area contributed by atoms with Gasteiger partial charge in [-0.05, 0) is 35.4 Å². The fourth-order valence-electron chi connectivity index (χ4n) is 2.22. The highest BCUT2D eigenvalue weighted by atomic mass is 35.5. The topological polar surface area (TPSA) is 17.8 Å². The van der Waals surface area contributed by atoms with Gasteiger partial charge >= 0.3 is 0 Å². The number of halogens is 5. The molecule has 0 atom stereocenters. The summed E-state index contributed by atoms with van der Waals surface area (Å²) >= 11 is 12.0. The summed E-state index contributed by atoms with van der Waals surface area (Å²) in [6.07, 6.45) is 1.56. The van der Waals surface area contributed by atoms with Crippen molar-refractivity contribution in [3.8, 4) is 5.69 Å². The van der Waals surface area contributed by atoms with Crippen LogP contribution in [0.2, 0.25) is 10.3 Å². The minimum Gasteiger partial charge on any atom is -0.286 e. The number of aromatic nitrogens is 2. The van der Waals surface area contributed by atoms with Gasteiger partial charge in [0.25, 0.3) is 0 Å². The summed E-state index contributed by atoms with van der Waals surface area (Å²) in [6.45, 7) is 0. The second kappa shape index (κ2) is 6.26. The maximum absolute atomic E-state index is 14.0. The zero-order valence-electron chi connectivity index (χ0n) is 11.5. The molecule has 0 saturated carbocycles. The first-order valence-electron chi connectivity index (χ1n) is 6.58. The molecule has 118 valence electrons. The first-order chi connectivity index (χ1) is 11.0. The molecule has 0 spiro atoms. The molecule has 0 aliphatic rings. The molecule has 1 aromatic heterocycles. The van der Waals surface area contributed by atoms with Crippen molar-refractivity contribution in [3.05, 3.63) is 81.6 Å². The van der Waals surface area contributed by atoms with Gasteiger partial charge in [0.15, 0.2) is 0 Å². The maximum Gasteiger partial charge on any atom is 0.207 e. The summed E-state index contributed by atoms with van der Waals surface area (Å²) in [5, 5.41) is 0.165. The normalized spacial score (nSPS) is 11.0. The molecule has 1 heterocycles. The zero-order valence-corrected chi connectivity index (χ0v) is 13.0. The first-order valence-corrected chi connectivity index (χ1v) is 7.33. The van der Waals surface area contributed by atoms with Crippen LogP contribution in [0.25, 0.3) is 5.69 Å². The van der Waals surface area contributed by atoms with Gasteiger partial charge < -0.3 is 0 Å². The molecule has 2 nitrogen and oxygen atoms in total. The molecule has 23 heavy (non-hydrogen) atoms. The second-order valence-electron chi connectivity index (χ2n) is 4.85. The van der Waals surface area contributed by atoms with Gasteiger partial charge in [0.05, 0.1) is 10.7 Å². The Morgan fingerprint density at radius 2 is 1.78 bits per heavy atom. The summed E-state index contributed by atoms with van der Waals surface area (Å²) in [4.78, 5) is 4.07. The van der Waals surface area contributed by atoms with Crippen molar-refractivity contribution in [2.24, 2.45) is 0 Å². The number of hydrogen-bond donors (Lipinski definition) is 0. The van der Waals surface area contributed by atoms with Crippen molar-refractivity contribution in [3.63, 3.8) is 0 Å². The Labute approximate surface area is 140 Å². The van der Waals surface area contributed by atoms with Gasteiger partial charge in [-0.25, -0.2) is 18.2 Å². The van der Waals surface area contributed by atoms with Crippen molar-refractivity contribution >= 4 is 23.2 Å². The van der Waals surface area contributed by atoms with E-state index in [1.54, 1.807) is 0 Å². The number of benzene rings is 2. The smallest absolute Gasteiger partial charge is 0.207 e. The standard InChI is InChI=1S/C16H9Cl2F3N2/c17-12-2-1-3-13(20)15(12)23-8-11(22-16(23)18)6-9-4-5-10(19)7-14(9)21/h1-5,7-8H,6H2. The molecule has 0 amide bonds. The summed E-state index contributed by atoms with van der Waals surface area (Å²) in [5.41, 5.74) is 0.727. The lowest BCUT2D eigenvalue weighted by atomic mass is 10.1. The number of hydrogen-bond acceptors (Lipinski definition) is 1. The first kappa shape index (κ1) is 15.9. The third-order valence-electron chi connectivity index (χ3n) is 3.28. The van der Waals surface area contributed by atoms with Gasteiger partial charge in [0.2, 0.25) is 5.28 Å². The van der Waals surface area contributed by atoms with E-state index in [1.807, 2.05) is 0 Å². The third kappa shape index (κ3) is 3.21. The molecule has 7 heteroatoms. The van der Waals surface area contributed by atoms with E-state index in [0.29, 0.717) is 5.69 Å². The fraction of sp³-hybridized carbons (Fsp3) is 0.0625. The van der Waals surface area contributed by atoms with E-state index in [1.165, 1.54) is 35.0 Å². The second-order valence-corrected chi connectivity index (χ2v) is 5.60. The van der Waals surface area contributed by atoms with Gasteiger partial charge in [-0.2, -0.15) is 0 Å². The minimum absolute atomic E-state index is 0.00507. The predicted octanol–water partition coefficient (Wildman–Crippen LogP) is 5.19. The van der Waals surface area contributed by atoms with Crippen LogP contribution in [0.3, 0.4) is 0 Å². The quantitative estimate of drug-likeness (QED) is 0.631. The van der Waals surface area contributed by atoms with E-state index in [0.717, 1.165) is 12.1 Å². The monoisotopic (exact) mass is 356 g/mol. The van der Waals surface area contributed by atoms with Crippen molar-refractivity contribution in [2.45, 2.75) is 6.42 Å². The summed E-state index contributed by atoms with van der Waals surface area (Å²) in [5.74, 6) is -1.90. The Morgan fingerprint density at radius 1 is 1.00 bits per heavy atom. The van der Waals surface area contributed by atoms with E-state index in [-0.39, 0.29) is 28.0 Å². The Balaban J connectivity index is 1.98. The van der Waals surface area contributed by atoms with Crippen molar-refractivity contribution < 1.29 is 13.2 Å². The molecule has 0 saturated heterocycles. The predicted molar refractivity (Wildman–Crippen MR) is 82.7 cm³/mol. The Hall–Kier alpha value is -1.98. The molecule has 2 aromatic carbocycles. The van der Waals surface area contributed by atoms with Crippen LogP contribution >= 0.6 is 23.2 Å². The molecule has 0 aliphatic carbocycles. The summed E-state index contributed by atoms with van der Waals surface area (Å²) in [7, 11) is 0. The van der Waals surface area contributed by atoms with Crippen molar-refractivity contribution in [2.75, 3.05) is 0 Å². The fourth-order valence-corrected chi connectivity index (χ4v) is 2.72. The van der Waals surface area contributed by atoms with E-state index < -0.39 is 17.5 Å². The van der Waals surface area contributed by atoms with E-state index in [2.05, 4.69) is 4.98 Å². The van der Waals surface area contributed by atoms with Crippen LogP contribution in [0.1, 0.15) is 11.3 Å². The maximum atomic E-state index is 14.0. The van der Waals surface area contributed by atoms with Crippen LogP contribution in [0, 0.1) is 17.5 Å². The number of nitrogens with zero attached hydrogens (tertiary/aromatic N) is 2. The highest BCUT2D eigenvalue weighted by molar-refractivity contribution is 6.33. The van der Waals surface area contributed by atoms with E-state index in [9.17, 15) is 13.2 Å². The molecule has 3 aromatic rings. The van der Waals surface area contributed by atoms with Crippen molar-refractivity contribution in [1.29, 1.82) is 0 Å². The molecule has 0 N–H and O–H groups in total. The highest BCUT2D eigenvalue weighted by Crippen LogP contribution is 2.27.